The lowest BCUT2D eigenvalue weighted by Gasteiger charge is -2.45. The Kier molecular flexibility index (Phi) is 5.13. The molecule has 0 unspecified atom stereocenters. The number of hydrogen-bond acceptors (Lipinski definition) is 4. The summed E-state index contributed by atoms with van der Waals surface area (Å²) in [5.74, 6) is -0.721. The molecule has 1 aliphatic carbocycles. The highest BCUT2D eigenvalue weighted by molar-refractivity contribution is 9.10. The zero-order chi connectivity index (χ0) is 22.3. The van der Waals surface area contributed by atoms with Crippen molar-refractivity contribution in [1.82, 2.24) is 4.90 Å². The second-order valence-electron chi connectivity index (χ2n) is 8.02. The second kappa shape index (κ2) is 7.98. The van der Waals surface area contributed by atoms with Gasteiger partial charge in [0.15, 0.2) is 0 Å². The van der Waals surface area contributed by atoms with Crippen molar-refractivity contribution in [2.24, 2.45) is 0 Å². The molecular weight excluding hydrogens is 474 g/mol. The Balaban J connectivity index is 1.25. The molecule has 32 heavy (non-hydrogen) atoms. The Morgan fingerprint density at radius 2 is 1.50 bits per heavy atom. The van der Waals surface area contributed by atoms with Gasteiger partial charge in [-0.2, -0.15) is 0 Å². The van der Waals surface area contributed by atoms with Gasteiger partial charge in [0.25, 0.3) is 0 Å². The molecule has 0 aromatic heterocycles. The second-order valence-corrected chi connectivity index (χ2v) is 8.93. The lowest BCUT2D eigenvalue weighted by Crippen LogP contribution is -2.70. The van der Waals surface area contributed by atoms with E-state index in [1.165, 1.54) is 4.90 Å². The van der Waals surface area contributed by atoms with Crippen molar-refractivity contribution in [3.05, 3.63) is 88.4 Å². The fourth-order valence-corrected chi connectivity index (χ4v) is 4.62. The van der Waals surface area contributed by atoms with Gasteiger partial charge in [0.05, 0.1) is 13.1 Å². The van der Waals surface area contributed by atoms with Gasteiger partial charge < -0.3 is 14.6 Å². The predicted octanol–water partition coefficient (Wildman–Crippen LogP) is 4.92. The third kappa shape index (κ3) is 3.52. The van der Waals surface area contributed by atoms with E-state index < -0.39 is 17.7 Å². The maximum Gasteiger partial charge on any atom is 0.410 e. The van der Waals surface area contributed by atoms with Crippen LogP contribution < -0.4 is 4.74 Å². The molecule has 6 nitrogen and oxygen atoms in total. The highest BCUT2D eigenvalue weighted by atomic mass is 79.9. The normalized spacial score (nSPS) is 16.0. The summed E-state index contributed by atoms with van der Waals surface area (Å²) in [5, 5.41) is 9.71. The Hall–Kier alpha value is -3.32. The number of amides is 1. The summed E-state index contributed by atoms with van der Waals surface area (Å²) in [6, 6.07) is 23.1. The number of nitrogens with zero attached hydrogens (tertiary/aromatic N) is 1. The molecular formula is C25H20BrNO5. The van der Waals surface area contributed by atoms with Crippen LogP contribution >= 0.6 is 15.9 Å². The lowest BCUT2D eigenvalue weighted by atomic mass is 9.94. The molecule has 162 valence electrons. The molecule has 2 aliphatic rings. The molecule has 1 fully saturated rings. The summed E-state index contributed by atoms with van der Waals surface area (Å²) in [5.41, 5.74) is 3.09. The molecule has 7 heteroatoms. The maximum absolute atomic E-state index is 12.7. The van der Waals surface area contributed by atoms with E-state index in [9.17, 15) is 14.7 Å². The number of likely N-dealkylation sites (tertiary alicyclic amines) is 1. The van der Waals surface area contributed by atoms with Gasteiger partial charge in [-0.15, -0.1) is 0 Å². The number of carboxylic acid groups (broad SMARTS) is 1. The maximum atomic E-state index is 12.7. The Bertz CT molecular complexity index is 1140. The third-order valence-corrected chi connectivity index (χ3v) is 6.53. The van der Waals surface area contributed by atoms with Crippen LogP contribution in [0.5, 0.6) is 5.75 Å². The fraction of sp³-hybridized carbons (Fsp3) is 0.200. The van der Waals surface area contributed by atoms with Crippen molar-refractivity contribution >= 4 is 28.0 Å². The monoisotopic (exact) mass is 493 g/mol. The van der Waals surface area contributed by atoms with Crippen LogP contribution in [0.1, 0.15) is 17.0 Å². The van der Waals surface area contributed by atoms with E-state index in [1.54, 1.807) is 24.3 Å². The molecule has 5 rings (SSSR count). The molecule has 1 N–H and O–H groups in total. The van der Waals surface area contributed by atoms with Crippen LogP contribution in [0.3, 0.4) is 0 Å². The van der Waals surface area contributed by atoms with Crippen molar-refractivity contribution in [1.29, 1.82) is 0 Å². The Morgan fingerprint density at radius 1 is 0.938 bits per heavy atom. The molecule has 1 amide bonds. The van der Waals surface area contributed by atoms with Gasteiger partial charge in [-0.25, -0.2) is 9.59 Å². The van der Waals surface area contributed by atoms with Crippen LogP contribution in [0.25, 0.3) is 11.1 Å². The molecule has 0 saturated carbocycles. The molecule has 3 aromatic rings. The highest BCUT2D eigenvalue weighted by Crippen LogP contribution is 2.44. The first-order chi connectivity index (χ1) is 15.5. The number of fused-ring (bicyclic) bond motifs is 3. The average molecular weight is 494 g/mol. The quantitative estimate of drug-likeness (QED) is 0.545. The average Bonchev–Trinajstić information content (AvgIpc) is 3.09. The van der Waals surface area contributed by atoms with E-state index in [1.807, 2.05) is 24.3 Å². The highest BCUT2D eigenvalue weighted by Gasteiger charge is 2.55. The number of carboxylic acids is 1. The Labute approximate surface area is 193 Å². The van der Waals surface area contributed by atoms with E-state index in [4.69, 9.17) is 9.47 Å². The van der Waals surface area contributed by atoms with Crippen molar-refractivity contribution in [3.63, 3.8) is 0 Å². The molecule has 0 bridgehead atoms. The molecule has 1 heterocycles. The molecule has 0 spiro atoms. The zero-order valence-electron chi connectivity index (χ0n) is 17.0. The molecule has 3 aromatic carbocycles. The summed E-state index contributed by atoms with van der Waals surface area (Å²) >= 11 is 3.34. The van der Waals surface area contributed by atoms with Gasteiger partial charge in [-0.05, 0) is 46.5 Å². The number of halogens is 1. The number of carbonyl (C=O) groups excluding carboxylic acids is 1. The molecule has 0 atom stereocenters. The largest absolute Gasteiger partial charge is 0.478 e. The minimum atomic E-state index is -1.47. The zero-order valence-corrected chi connectivity index (χ0v) is 18.6. The van der Waals surface area contributed by atoms with Gasteiger partial charge in [0, 0.05) is 10.4 Å². The van der Waals surface area contributed by atoms with Gasteiger partial charge in [0.2, 0.25) is 5.60 Å². The van der Waals surface area contributed by atoms with Gasteiger partial charge in [-0.3, -0.25) is 4.90 Å². The van der Waals surface area contributed by atoms with E-state index in [2.05, 4.69) is 40.2 Å². The van der Waals surface area contributed by atoms with Crippen molar-refractivity contribution in [3.8, 4) is 16.9 Å². The van der Waals surface area contributed by atoms with E-state index in [0.717, 1.165) is 26.7 Å². The van der Waals surface area contributed by atoms with Crippen LogP contribution in [-0.4, -0.2) is 47.4 Å². The number of aliphatic carboxylic acids is 1. The van der Waals surface area contributed by atoms with Crippen LogP contribution in [0.4, 0.5) is 4.79 Å². The van der Waals surface area contributed by atoms with Gasteiger partial charge in [-0.1, -0.05) is 64.5 Å². The number of ether oxygens (including phenoxy) is 2. The molecule has 1 aliphatic heterocycles. The summed E-state index contributed by atoms with van der Waals surface area (Å²) in [6.07, 6.45) is -0.539. The van der Waals surface area contributed by atoms with Crippen molar-refractivity contribution < 1.29 is 24.2 Å². The third-order valence-electron chi connectivity index (χ3n) is 6.00. The van der Waals surface area contributed by atoms with Crippen LogP contribution in [0, 0.1) is 0 Å². The number of rotatable bonds is 5. The first-order valence-electron chi connectivity index (χ1n) is 10.2. The summed E-state index contributed by atoms with van der Waals surface area (Å²) in [7, 11) is 0. The Morgan fingerprint density at radius 3 is 2.06 bits per heavy atom. The smallest absolute Gasteiger partial charge is 0.410 e. The topological polar surface area (TPSA) is 76.1 Å². The van der Waals surface area contributed by atoms with Crippen molar-refractivity contribution in [2.45, 2.75) is 11.5 Å². The SMILES string of the molecule is O=C(OCC1c2ccccc2-c2ccccc21)N1CC(Oc2ccc(Br)cc2)(C(=O)O)C1. The van der Waals surface area contributed by atoms with Crippen LogP contribution in [0.2, 0.25) is 0 Å². The van der Waals surface area contributed by atoms with Gasteiger partial charge >= 0.3 is 12.1 Å². The first kappa shape index (κ1) is 20.6. The van der Waals surface area contributed by atoms with Crippen molar-refractivity contribution in [2.75, 3.05) is 19.7 Å². The van der Waals surface area contributed by atoms with E-state index in [-0.39, 0.29) is 25.6 Å². The first-order valence-corrected chi connectivity index (χ1v) is 11.0. The predicted molar refractivity (Wildman–Crippen MR) is 122 cm³/mol. The van der Waals surface area contributed by atoms with Crippen LogP contribution in [-0.2, 0) is 9.53 Å². The van der Waals surface area contributed by atoms with E-state index >= 15 is 0 Å². The molecule has 1 saturated heterocycles. The number of carbonyl (C=O) groups is 2. The number of hydrogen-bond donors (Lipinski definition) is 1. The fourth-order valence-electron chi connectivity index (χ4n) is 4.36. The van der Waals surface area contributed by atoms with E-state index in [0.29, 0.717) is 5.75 Å². The van der Waals surface area contributed by atoms with Crippen LogP contribution in [0.15, 0.2) is 77.3 Å². The summed E-state index contributed by atoms with van der Waals surface area (Å²) in [4.78, 5) is 25.9. The molecule has 0 radical (unpaired) electrons. The lowest BCUT2D eigenvalue weighted by molar-refractivity contribution is -0.169. The number of benzene rings is 3. The standard InChI is InChI=1S/C25H20BrNO5/c26-16-9-11-17(12-10-16)32-25(23(28)29)14-27(15-25)24(30)31-13-22-20-7-3-1-5-18(20)19-6-2-4-8-21(19)22/h1-12,22H,13-15H2,(H,28,29). The summed E-state index contributed by atoms with van der Waals surface area (Å²) in [6.45, 7) is 0.0428. The van der Waals surface area contributed by atoms with Gasteiger partial charge in [0.1, 0.15) is 12.4 Å². The summed E-state index contributed by atoms with van der Waals surface area (Å²) < 4.78 is 12.2. The minimum absolute atomic E-state index is 0.0455. The minimum Gasteiger partial charge on any atom is -0.478 e.